The van der Waals surface area contributed by atoms with Gasteiger partial charge in [-0.1, -0.05) is 67.5 Å². The first-order valence-corrected chi connectivity index (χ1v) is 16.4. The predicted octanol–water partition coefficient (Wildman–Crippen LogP) is 10.3. The molecule has 2 aromatic rings. The molecule has 0 N–H and O–H groups in total. The van der Waals surface area contributed by atoms with Crippen molar-refractivity contribution < 1.29 is 9.47 Å². The van der Waals surface area contributed by atoms with Crippen LogP contribution in [0.2, 0.25) is 0 Å². The van der Waals surface area contributed by atoms with Gasteiger partial charge in [0.2, 0.25) is 0 Å². The first kappa shape index (κ1) is 33.5. The molecule has 0 amide bonds. The molecule has 1 unspecified atom stereocenters. The second-order valence-corrected chi connectivity index (χ2v) is 9.56. The number of fused-ring (bicyclic) bond motifs is 7. The van der Waals surface area contributed by atoms with E-state index in [1.165, 1.54) is 91.2 Å². The highest BCUT2D eigenvalue weighted by Crippen LogP contribution is 2.47. The molecule has 0 fully saturated rings. The van der Waals surface area contributed by atoms with Crippen molar-refractivity contribution >= 4 is 9.24 Å². The topological polar surface area (TPSA) is 18.5 Å². The molecule has 2 nitrogen and oxygen atoms in total. The van der Waals surface area contributed by atoms with E-state index in [0.29, 0.717) is 5.92 Å². The van der Waals surface area contributed by atoms with Gasteiger partial charge in [-0.2, -0.15) is 0 Å². The van der Waals surface area contributed by atoms with Crippen molar-refractivity contribution in [1.29, 1.82) is 0 Å². The lowest BCUT2D eigenvalue weighted by atomic mass is 9.80. The summed E-state index contributed by atoms with van der Waals surface area (Å²) in [4.78, 5) is 0. The van der Waals surface area contributed by atoms with Gasteiger partial charge in [-0.05, 0) is 105 Å². The summed E-state index contributed by atoms with van der Waals surface area (Å²) in [5, 5.41) is 0. The summed E-state index contributed by atoms with van der Waals surface area (Å²) >= 11 is 0. The van der Waals surface area contributed by atoms with Crippen LogP contribution in [0.25, 0.3) is 11.1 Å². The molecular weight excluding hydrogens is 471 g/mol. The molecule has 3 heteroatoms. The van der Waals surface area contributed by atoms with Crippen LogP contribution in [-0.4, -0.2) is 19.4 Å². The van der Waals surface area contributed by atoms with Crippen LogP contribution < -0.4 is 9.47 Å². The Bertz CT molecular complexity index is 820. The van der Waals surface area contributed by atoms with Crippen molar-refractivity contribution in [2.24, 2.45) is 5.92 Å². The fraction of sp³-hybridized carbons (Fsp3) is 0.647. The molecule has 1 atom stereocenters. The maximum absolute atomic E-state index is 6.55. The highest BCUT2D eigenvalue weighted by atomic mass is 31.0. The molecule has 0 aromatic heterocycles. The zero-order chi connectivity index (χ0) is 27.6. The molecule has 0 saturated heterocycles. The van der Waals surface area contributed by atoms with E-state index in [-0.39, 0.29) is 0 Å². The quantitative estimate of drug-likeness (QED) is 0.369. The standard InChI is InChI=1S/C26H33O2P.4C2H6/c29-15-5-6-18-16-27-23-13-11-19-7-1-3-9-21(19)25(23)26-22-10-4-2-8-20(22)12-14-24(26)28-17-18;4*1-2/h11-14,18H,1-10,15-17,29H2;4*1-2H3. The van der Waals surface area contributed by atoms with Crippen molar-refractivity contribution in [3.8, 4) is 22.6 Å². The van der Waals surface area contributed by atoms with E-state index in [1.54, 1.807) is 0 Å². The van der Waals surface area contributed by atoms with Gasteiger partial charge in [-0.3, -0.25) is 0 Å². The SMILES string of the molecule is CC.CC.CC.CC.PCCCC1COc2ccc3c(c2-c2c(ccc4c2CCCC4)OC1)CCCC3. The molecule has 0 radical (unpaired) electrons. The minimum atomic E-state index is 0.446. The average molecular weight is 529 g/mol. The van der Waals surface area contributed by atoms with Gasteiger partial charge >= 0.3 is 0 Å². The van der Waals surface area contributed by atoms with Crippen molar-refractivity contribution in [2.45, 2.75) is 120 Å². The Labute approximate surface area is 232 Å². The normalized spacial score (nSPS) is 15.3. The van der Waals surface area contributed by atoms with Gasteiger partial charge in [0, 0.05) is 17.0 Å². The Hall–Kier alpha value is -1.53. The summed E-state index contributed by atoms with van der Waals surface area (Å²) in [6, 6.07) is 9.17. The van der Waals surface area contributed by atoms with E-state index in [1.807, 2.05) is 55.4 Å². The number of hydrogen-bond donors (Lipinski definition) is 0. The van der Waals surface area contributed by atoms with Gasteiger partial charge in [0.1, 0.15) is 11.5 Å². The van der Waals surface area contributed by atoms with Crippen LogP contribution >= 0.6 is 9.24 Å². The molecule has 3 aliphatic rings. The first-order chi connectivity index (χ1) is 18.3. The first-order valence-electron chi connectivity index (χ1n) is 15.6. The second-order valence-electron chi connectivity index (χ2n) is 8.99. The minimum absolute atomic E-state index is 0.446. The van der Waals surface area contributed by atoms with Crippen LogP contribution in [0.4, 0.5) is 0 Å². The summed E-state index contributed by atoms with van der Waals surface area (Å²) in [6.07, 6.45) is 13.4. The minimum Gasteiger partial charge on any atom is -0.493 e. The molecule has 37 heavy (non-hydrogen) atoms. The van der Waals surface area contributed by atoms with Crippen molar-refractivity contribution in [2.75, 3.05) is 19.4 Å². The van der Waals surface area contributed by atoms with E-state index in [2.05, 4.69) is 33.5 Å². The van der Waals surface area contributed by atoms with E-state index in [9.17, 15) is 0 Å². The number of hydrogen-bond acceptors (Lipinski definition) is 2. The third-order valence-electron chi connectivity index (χ3n) is 7.00. The van der Waals surface area contributed by atoms with Crippen LogP contribution in [0.3, 0.4) is 0 Å². The maximum Gasteiger partial charge on any atom is 0.127 e. The third kappa shape index (κ3) is 8.74. The fourth-order valence-corrected chi connectivity index (χ4v) is 5.67. The summed E-state index contributed by atoms with van der Waals surface area (Å²) in [5.41, 5.74) is 8.83. The summed E-state index contributed by atoms with van der Waals surface area (Å²) < 4.78 is 13.1. The van der Waals surface area contributed by atoms with E-state index < -0.39 is 0 Å². The molecule has 0 spiro atoms. The molecular formula is C34H57O2P. The van der Waals surface area contributed by atoms with Crippen LogP contribution in [-0.2, 0) is 25.7 Å². The third-order valence-corrected chi connectivity index (χ3v) is 7.41. The zero-order valence-corrected chi connectivity index (χ0v) is 26.6. The fourth-order valence-electron chi connectivity index (χ4n) is 5.44. The second kappa shape index (κ2) is 19.5. The summed E-state index contributed by atoms with van der Waals surface area (Å²) in [5.74, 6) is 2.63. The predicted molar refractivity (Wildman–Crippen MR) is 169 cm³/mol. The van der Waals surface area contributed by atoms with Crippen LogP contribution in [0.5, 0.6) is 11.5 Å². The lowest BCUT2D eigenvalue weighted by molar-refractivity contribution is 0.172. The van der Waals surface area contributed by atoms with E-state index in [0.717, 1.165) is 37.3 Å². The Balaban J connectivity index is 0.000000784. The van der Waals surface area contributed by atoms with Crippen molar-refractivity contribution in [1.82, 2.24) is 0 Å². The lowest BCUT2D eigenvalue weighted by Gasteiger charge is -2.27. The van der Waals surface area contributed by atoms with Gasteiger partial charge in [0.25, 0.3) is 0 Å². The van der Waals surface area contributed by atoms with Gasteiger partial charge in [0.05, 0.1) is 13.2 Å². The van der Waals surface area contributed by atoms with Gasteiger partial charge < -0.3 is 9.47 Å². The van der Waals surface area contributed by atoms with E-state index >= 15 is 0 Å². The molecule has 210 valence electrons. The van der Waals surface area contributed by atoms with Crippen LogP contribution in [0.15, 0.2) is 24.3 Å². The largest absolute Gasteiger partial charge is 0.493 e. The number of benzene rings is 2. The highest BCUT2D eigenvalue weighted by Gasteiger charge is 2.28. The lowest BCUT2D eigenvalue weighted by Crippen LogP contribution is -2.19. The number of aryl methyl sites for hydroxylation is 2. The summed E-state index contributed by atoms with van der Waals surface area (Å²) in [6.45, 7) is 17.5. The maximum atomic E-state index is 6.55. The monoisotopic (exact) mass is 528 g/mol. The zero-order valence-electron chi connectivity index (χ0n) is 25.5. The highest BCUT2D eigenvalue weighted by molar-refractivity contribution is 7.16. The van der Waals surface area contributed by atoms with Gasteiger partial charge in [-0.15, -0.1) is 9.24 Å². The molecule has 2 aliphatic carbocycles. The summed E-state index contributed by atoms with van der Waals surface area (Å²) in [7, 11) is 2.85. The van der Waals surface area contributed by atoms with Gasteiger partial charge in [0.15, 0.2) is 0 Å². The Kier molecular flexibility index (Phi) is 17.7. The van der Waals surface area contributed by atoms with Crippen molar-refractivity contribution in [3.63, 3.8) is 0 Å². The smallest absolute Gasteiger partial charge is 0.127 e. The molecule has 2 aromatic carbocycles. The Morgan fingerprint density at radius 1 is 0.622 bits per heavy atom. The Morgan fingerprint density at radius 3 is 1.43 bits per heavy atom. The average Bonchev–Trinajstić information content (AvgIpc) is 3.08. The van der Waals surface area contributed by atoms with Crippen LogP contribution in [0, 0.1) is 5.92 Å². The Morgan fingerprint density at radius 2 is 1.03 bits per heavy atom. The molecule has 1 heterocycles. The molecule has 1 aliphatic heterocycles. The molecule has 5 rings (SSSR count). The molecule has 0 bridgehead atoms. The number of ether oxygens (including phenoxy) is 2. The van der Waals surface area contributed by atoms with E-state index in [4.69, 9.17) is 9.47 Å². The number of rotatable bonds is 3. The molecule has 0 saturated carbocycles. The van der Waals surface area contributed by atoms with Crippen molar-refractivity contribution in [3.05, 3.63) is 46.5 Å². The van der Waals surface area contributed by atoms with Gasteiger partial charge in [-0.25, -0.2) is 0 Å². The van der Waals surface area contributed by atoms with Crippen LogP contribution in [0.1, 0.15) is 116 Å².